The molecule has 24 heavy (non-hydrogen) atoms. The normalized spacial score (nSPS) is 39.5. The Balaban J connectivity index is 1.63. The Morgan fingerprint density at radius 3 is 3.00 bits per heavy atom. The number of phenolic OH excluding ortho intramolecular Hbond substituents is 1. The molecule has 2 N–H and O–H groups in total. The van der Waals surface area contributed by atoms with Crippen LogP contribution >= 0.6 is 12.2 Å². The van der Waals surface area contributed by atoms with Crippen molar-refractivity contribution in [3.63, 3.8) is 0 Å². The third-order valence-electron chi connectivity index (χ3n) is 7.34. The van der Waals surface area contributed by atoms with E-state index in [-0.39, 0.29) is 5.41 Å². The van der Waals surface area contributed by atoms with Gasteiger partial charge in [0, 0.05) is 49.5 Å². The number of phenols is 1. The van der Waals surface area contributed by atoms with Crippen molar-refractivity contribution >= 4 is 17.3 Å². The fraction of sp³-hybridized carbons (Fsp3) is 0.632. The van der Waals surface area contributed by atoms with Crippen molar-refractivity contribution in [3.05, 3.63) is 29.3 Å². The predicted octanol–water partition coefficient (Wildman–Crippen LogP) is 1.72. The molecule has 2 spiro atoms. The average molecular weight is 343 g/mol. The number of aromatic hydroxyl groups is 1. The first-order valence-electron chi connectivity index (χ1n) is 8.98. The summed E-state index contributed by atoms with van der Waals surface area (Å²) in [6.07, 6.45) is 3.60. The monoisotopic (exact) mass is 343 g/mol. The first-order valence-corrected chi connectivity index (χ1v) is 9.39. The van der Waals surface area contributed by atoms with Crippen molar-refractivity contribution in [2.24, 2.45) is 11.3 Å². The number of likely N-dealkylation sites (tertiary alicyclic amines) is 2. The van der Waals surface area contributed by atoms with Gasteiger partial charge in [-0.15, -0.1) is 0 Å². The van der Waals surface area contributed by atoms with Crippen molar-refractivity contribution in [3.8, 4) is 5.75 Å². The maximum absolute atomic E-state index is 10.1. The number of thiocarbonyl (C=S) groups is 1. The minimum atomic E-state index is 0.224. The number of nitrogens with zero attached hydrogens (tertiary/aromatic N) is 2. The highest BCUT2D eigenvalue weighted by atomic mass is 32.1. The maximum Gasteiger partial charge on any atom is 0.168 e. The van der Waals surface area contributed by atoms with Crippen LogP contribution in [0.1, 0.15) is 24.0 Å². The van der Waals surface area contributed by atoms with Crippen LogP contribution < -0.4 is 5.32 Å². The van der Waals surface area contributed by atoms with Crippen LogP contribution in [0.25, 0.3) is 0 Å². The van der Waals surface area contributed by atoms with E-state index in [0.29, 0.717) is 23.1 Å². The van der Waals surface area contributed by atoms with Gasteiger partial charge in [0.25, 0.3) is 0 Å². The Morgan fingerprint density at radius 1 is 1.42 bits per heavy atom. The lowest BCUT2D eigenvalue weighted by Gasteiger charge is -2.55. The lowest BCUT2D eigenvalue weighted by Crippen LogP contribution is -2.64. The maximum atomic E-state index is 10.1. The zero-order valence-electron chi connectivity index (χ0n) is 14.4. The summed E-state index contributed by atoms with van der Waals surface area (Å²) in [7, 11) is 4.20. The molecule has 0 amide bonds. The average Bonchev–Trinajstić information content (AvgIpc) is 2.75. The Kier molecular flexibility index (Phi) is 2.89. The van der Waals surface area contributed by atoms with Gasteiger partial charge >= 0.3 is 0 Å². The van der Waals surface area contributed by atoms with Crippen molar-refractivity contribution in [1.29, 1.82) is 0 Å². The first-order chi connectivity index (χ1) is 11.5. The van der Waals surface area contributed by atoms with Crippen molar-refractivity contribution in [1.82, 2.24) is 15.1 Å². The molecule has 4 atom stereocenters. The SMILES string of the molecule is CNC(=S)N1CC[C@]23CC4(Cc5ccc(O)cc52)CN(C)[C@H]4[C@@H]3C1. The van der Waals surface area contributed by atoms with Gasteiger partial charge in [-0.3, -0.25) is 0 Å². The van der Waals surface area contributed by atoms with E-state index in [1.54, 1.807) is 0 Å². The van der Waals surface area contributed by atoms with E-state index >= 15 is 0 Å². The van der Waals surface area contributed by atoms with Crippen molar-refractivity contribution in [2.45, 2.75) is 30.7 Å². The zero-order chi connectivity index (χ0) is 16.7. The van der Waals surface area contributed by atoms with E-state index in [0.717, 1.165) is 24.6 Å². The third-order valence-corrected chi connectivity index (χ3v) is 7.81. The molecule has 0 aromatic heterocycles. The molecule has 4 aliphatic rings. The molecule has 1 saturated carbocycles. The molecule has 1 aromatic carbocycles. The van der Waals surface area contributed by atoms with Crippen LogP contribution in [0.15, 0.2) is 18.2 Å². The van der Waals surface area contributed by atoms with Crippen LogP contribution in [0.2, 0.25) is 0 Å². The lowest BCUT2D eigenvalue weighted by atomic mass is 9.61. The minimum Gasteiger partial charge on any atom is -0.508 e. The molecule has 3 fully saturated rings. The number of fused-ring (bicyclic) bond motifs is 2. The number of hydrogen-bond acceptors (Lipinski definition) is 3. The topological polar surface area (TPSA) is 38.7 Å². The summed E-state index contributed by atoms with van der Waals surface area (Å²) in [6, 6.07) is 6.76. The predicted molar refractivity (Wildman–Crippen MR) is 98.3 cm³/mol. The minimum absolute atomic E-state index is 0.224. The summed E-state index contributed by atoms with van der Waals surface area (Å²) in [5.41, 5.74) is 3.57. The summed E-state index contributed by atoms with van der Waals surface area (Å²) >= 11 is 5.53. The number of piperidine rings is 1. The number of rotatable bonds is 0. The van der Waals surface area contributed by atoms with Gasteiger partial charge in [0.15, 0.2) is 5.11 Å². The molecule has 1 aromatic rings. The largest absolute Gasteiger partial charge is 0.508 e. The summed E-state index contributed by atoms with van der Waals surface area (Å²) in [5, 5.41) is 14.2. The fourth-order valence-corrected chi connectivity index (χ4v) is 6.93. The van der Waals surface area contributed by atoms with Crippen molar-refractivity contribution in [2.75, 3.05) is 33.7 Å². The molecule has 2 aliphatic carbocycles. The Bertz CT molecular complexity index is 737. The molecular weight excluding hydrogens is 318 g/mol. The molecule has 2 heterocycles. The molecular formula is C19H25N3OS. The highest BCUT2D eigenvalue weighted by Crippen LogP contribution is 2.68. The molecule has 5 rings (SSSR count). The van der Waals surface area contributed by atoms with Gasteiger partial charge in [-0.05, 0) is 61.8 Å². The van der Waals surface area contributed by atoms with Crippen molar-refractivity contribution < 1.29 is 5.11 Å². The molecule has 0 radical (unpaired) electrons. The van der Waals surface area contributed by atoms with Crippen LogP contribution in [0.3, 0.4) is 0 Å². The quantitative estimate of drug-likeness (QED) is 0.702. The van der Waals surface area contributed by atoms with Crippen LogP contribution in [0.4, 0.5) is 0 Å². The molecule has 2 saturated heterocycles. The fourth-order valence-electron chi connectivity index (χ4n) is 6.77. The Labute approximate surface area is 148 Å². The van der Waals surface area contributed by atoms with Gasteiger partial charge in [0.2, 0.25) is 0 Å². The van der Waals surface area contributed by atoms with Gasteiger partial charge < -0.3 is 20.2 Å². The summed E-state index contributed by atoms with van der Waals surface area (Å²) < 4.78 is 0. The lowest BCUT2D eigenvalue weighted by molar-refractivity contribution is -0.0532. The third kappa shape index (κ3) is 1.65. The summed E-state index contributed by atoms with van der Waals surface area (Å²) in [4.78, 5) is 4.92. The van der Waals surface area contributed by atoms with E-state index in [9.17, 15) is 5.11 Å². The smallest absolute Gasteiger partial charge is 0.168 e. The Hall–Kier alpha value is -1.33. The zero-order valence-corrected chi connectivity index (χ0v) is 15.2. The molecule has 128 valence electrons. The second-order valence-corrected chi connectivity index (χ2v) is 8.82. The van der Waals surface area contributed by atoms with E-state index < -0.39 is 0 Å². The van der Waals surface area contributed by atoms with E-state index in [2.05, 4.69) is 34.3 Å². The van der Waals surface area contributed by atoms with Crippen LogP contribution in [0, 0.1) is 11.3 Å². The number of benzene rings is 1. The van der Waals surface area contributed by atoms with Crippen LogP contribution in [-0.4, -0.2) is 59.8 Å². The van der Waals surface area contributed by atoms with Gasteiger partial charge in [-0.2, -0.15) is 0 Å². The van der Waals surface area contributed by atoms with Gasteiger partial charge in [0.1, 0.15) is 5.75 Å². The molecule has 2 aliphatic heterocycles. The second kappa shape index (κ2) is 4.64. The second-order valence-electron chi connectivity index (χ2n) is 8.43. The number of hydrogen-bond donors (Lipinski definition) is 2. The van der Waals surface area contributed by atoms with E-state index in [4.69, 9.17) is 12.2 Å². The van der Waals surface area contributed by atoms with Crippen LogP contribution in [0.5, 0.6) is 5.75 Å². The molecule has 5 heteroatoms. The highest BCUT2D eigenvalue weighted by Gasteiger charge is 2.70. The van der Waals surface area contributed by atoms with Gasteiger partial charge in [0.05, 0.1) is 0 Å². The molecule has 2 bridgehead atoms. The van der Waals surface area contributed by atoms with E-state index in [1.807, 2.05) is 13.1 Å². The summed E-state index contributed by atoms with van der Waals surface area (Å²) in [5.74, 6) is 1.01. The van der Waals surface area contributed by atoms with Gasteiger partial charge in [-0.25, -0.2) is 0 Å². The van der Waals surface area contributed by atoms with E-state index in [1.165, 1.54) is 30.5 Å². The molecule has 4 nitrogen and oxygen atoms in total. The van der Waals surface area contributed by atoms with Crippen LogP contribution in [-0.2, 0) is 11.8 Å². The highest BCUT2D eigenvalue weighted by molar-refractivity contribution is 7.80. The molecule has 1 unspecified atom stereocenters. The standard InChI is InChI=1S/C19H25N3OS/c1-20-17(24)22-6-5-19-10-18(11-21(2)16(18)15(19)9-22)8-12-3-4-13(23)7-14(12)19/h3-4,7,15-16,23H,5-6,8-11H2,1-2H3,(H,20,24)/t15-,16-,18?,19-/m0/s1. The van der Waals surface area contributed by atoms with Gasteiger partial charge in [-0.1, -0.05) is 6.07 Å². The number of nitrogens with one attached hydrogen (secondary N) is 1. The summed E-state index contributed by atoms with van der Waals surface area (Å²) in [6.45, 7) is 3.26. The first kappa shape index (κ1) is 15.0. The Morgan fingerprint density at radius 2 is 2.25 bits per heavy atom.